The maximum atomic E-state index is 11.4. The molecule has 0 heterocycles. The Kier molecular flexibility index (Phi) is 4.56. The van der Waals surface area contributed by atoms with Gasteiger partial charge in [0.2, 0.25) is 0 Å². The maximum absolute atomic E-state index is 11.4. The van der Waals surface area contributed by atoms with Crippen molar-refractivity contribution in [1.29, 1.82) is 0 Å². The van der Waals surface area contributed by atoms with E-state index in [0.29, 0.717) is 11.8 Å². The fourth-order valence-electron chi connectivity index (χ4n) is 1.09. The van der Waals surface area contributed by atoms with E-state index in [0.717, 1.165) is 0 Å². The highest BCUT2D eigenvalue weighted by molar-refractivity contribution is 5.96. The van der Waals surface area contributed by atoms with Gasteiger partial charge in [-0.3, -0.25) is 14.9 Å². The van der Waals surface area contributed by atoms with E-state index >= 15 is 0 Å². The zero-order chi connectivity index (χ0) is 13.5. The highest BCUT2D eigenvalue weighted by atomic mass is 16.5. The smallest absolute Gasteiger partial charge is 0.338 e. The zero-order valence-corrected chi connectivity index (χ0v) is 9.21. The van der Waals surface area contributed by atoms with E-state index in [1.54, 1.807) is 5.32 Å². The predicted octanol–water partition coefficient (Wildman–Crippen LogP) is -0.149. The second kappa shape index (κ2) is 6.14. The summed E-state index contributed by atoms with van der Waals surface area (Å²) in [5.74, 6) is -1.56. The van der Waals surface area contributed by atoms with Gasteiger partial charge in [-0.1, -0.05) is 12.1 Å². The number of hydrogen-bond donors (Lipinski definition) is 2. The quantitative estimate of drug-likeness (QED) is 0.569. The molecule has 1 aromatic carbocycles. The Labute approximate surface area is 102 Å². The lowest BCUT2D eigenvalue weighted by atomic mass is 10.1. The predicted molar refractivity (Wildman–Crippen MR) is 59.8 cm³/mol. The van der Waals surface area contributed by atoms with Crippen molar-refractivity contribution in [3.63, 3.8) is 0 Å². The fourth-order valence-corrected chi connectivity index (χ4v) is 1.09. The minimum atomic E-state index is -1.02. The van der Waals surface area contributed by atoms with Crippen LogP contribution in [0.2, 0.25) is 0 Å². The SMILES string of the molecule is NC(=O)NC(=O)COC(=O)c1ccc(C=O)cc1. The summed E-state index contributed by atoms with van der Waals surface area (Å²) in [6.07, 6.45) is 0.634. The highest BCUT2D eigenvalue weighted by Gasteiger charge is 2.10. The van der Waals surface area contributed by atoms with Crippen molar-refractivity contribution in [3.8, 4) is 0 Å². The van der Waals surface area contributed by atoms with Gasteiger partial charge in [0.1, 0.15) is 6.29 Å². The van der Waals surface area contributed by atoms with Crippen LogP contribution >= 0.6 is 0 Å². The molecule has 0 fully saturated rings. The molecule has 1 aromatic rings. The first kappa shape index (κ1) is 13.4. The molecule has 0 saturated heterocycles. The minimum absolute atomic E-state index is 0.187. The molecule has 0 unspecified atom stereocenters. The number of nitrogens with one attached hydrogen (secondary N) is 1. The van der Waals surface area contributed by atoms with Gasteiger partial charge in [0.05, 0.1) is 5.56 Å². The minimum Gasteiger partial charge on any atom is -0.452 e. The summed E-state index contributed by atoms with van der Waals surface area (Å²) in [6, 6.07) is 4.63. The number of hydrogen-bond acceptors (Lipinski definition) is 5. The van der Waals surface area contributed by atoms with E-state index in [9.17, 15) is 19.2 Å². The van der Waals surface area contributed by atoms with Crippen molar-refractivity contribution in [2.45, 2.75) is 0 Å². The Morgan fingerprint density at radius 1 is 1.22 bits per heavy atom. The Morgan fingerprint density at radius 2 is 1.83 bits per heavy atom. The fraction of sp³-hybridized carbons (Fsp3) is 0.0909. The van der Waals surface area contributed by atoms with Crippen molar-refractivity contribution in [2.24, 2.45) is 5.73 Å². The molecule has 3 N–H and O–H groups in total. The molecule has 18 heavy (non-hydrogen) atoms. The number of esters is 1. The van der Waals surface area contributed by atoms with Crippen molar-refractivity contribution < 1.29 is 23.9 Å². The maximum Gasteiger partial charge on any atom is 0.338 e. The molecule has 0 aliphatic carbocycles. The lowest BCUT2D eigenvalue weighted by Crippen LogP contribution is -2.37. The first-order valence-corrected chi connectivity index (χ1v) is 4.84. The molecule has 1 rings (SSSR count). The first-order chi connectivity index (χ1) is 8.52. The number of benzene rings is 1. The van der Waals surface area contributed by atoms with Crippen molar-refractivity contribution in [2.75, 3.05) is 6.61 Å². The van der Waals surface area contributed by atoms with E-state index in [2.05, 4.69) is 4.74 Å². The van der Waals surface area contributed by atoms with E-state index in [1.807, 2.05) is 0 Å². The Bertz CT molecular complexity index is 481. The summed E-state index contributed by atoms with van der Waals surface area (Å²) in [6.45, 7) is -0.614. The van der Waals surface area contributed by atoms with E-state index in [-0.39, 0.29) is 5.56 Å². The molecule has 0 radical (unpaired) electrons. The van der Waals surface area contributed by atoms with Crippen LogP contribution < -0.4 is 11.1 Å². The number of amides is 3. The summed E-state index contributed by atoms with van der Waals surface area (Å²) in [4.78, 5) is 43.1. The van der Waals surface area contributed by atoms with Gasteiger partial charge >= 0.3 is 12.0 Å². The van der Waals surface area contributed by atoms with Crippen LogP contribution in [0, 0.1) is 0 Å². The van der Waals surface area contributed by atoms with Crippen LogP contribution in [0.4, 0.5) is 4.79 Å². The molecule has 94 valence electrons. The molecule has 7 heteroatoms. The van der Waals surface area contributed by atoms with Gasteiger partial charge in [0, 0.05) is 5.56 Å². The van der Waals surface area contributed by atoms with E-state index in [4.69, 9.17) is 5.73 Å². The van der Waals surface area contributed by atoms with Gasteiger partial charge in [0.15, 0.2) is 6.61 Å². The number of ether oxygens (including phenoxy) is 1. The molecule has 0 aliphatic heterocycles. The number of imide groups is 1. The molecule has 7 nitrogen and oxygen atoms in total. The van der Waals surface area contributed by atoms with Gasteiger partial charge in [-0.2, -0.15) is 0 Å². The average molecular weight is 250 g/mol. The van der Waals surface area contributed by atoms with Crippen LogP contribution in [-0.2, 0) is 9.53 Å². The van der Waals surface area contributed by atoms with Crippen LogP contribution in [0.5, 0.6) is 0 Å². The molecular weight excluding hydrogens is 240 g/mol. The van der Waals surface area contributed by atoms with Crippen molar-refractivity contribution >= 4 is 24.2 Å². The number of urea groups is 1. The Hall–Kier alpha value is -2.70. The lowest BCUT2D eigenvalue weighted by molar-refractivity contribution is -0.123. The number of primary amides is 1. The van der Waals surface area contributed by atoms with Crippen molar-refractivity contribution in [3.05, 3.63) is 35.4 Å². The molecule has 0 saturated carbocycles. The lowest BCUT2D eigenvalue weighted by Gasteiger charge is -2.04. The van der Waals surface area contributed by atoms with Gasteiger partial charge in [-0.25, -0.2) is 9.59 Å². The highest BCUT2D eigenvalue weighted by Crippen LogP contribution is 2.04. The van der Waals surface area contributed by atoms with Crippen molar-refractivity contribution in [1.82, 2.24) is 5.32 Å². The third-order valence-corrected chi connectivity index (χ3v) is 1.88. The summed E-state index contributed by atoms with van der Waals surface area (Å²) in [5, 5.41) is 1.74. The topological polar surface area (TPSA) is 116 Å². The summed E-state index contributed by atoms with van der Waals surface area (Å²) < 4.78 is 4.62. The summed E-state index contributed by atoms with van der Waals surface area (Å²) >= 11 is 0. The molecule has 0 bridgehead atoms. The normalized spacial score (nSPS) is 9.33. The number of nitrogens with two attached hydrogens (primary N) is 1. The molecule has 0 aliphatic rings. The summed E-state index contributed by atoms with van der Waals surface area (Å²) in [5.41, 5.74) is 5.30. The van der Waals surface area contributed by atoms with Crippen LogP contribution in [0.3, 0.4) is 0 Å². The van der Waals surface area contributed by atoms with Crippen LogP contribution in [0.15, 0.2) is 24.3 Å². The van der Waals surface area contributed by atoms with E-state index < -0.39 is 24.5 Å². The Morgan fingerprint density at radius 3 is 2.33 bits per heavy atom. The molecular formula is C11H10N2O5. The van der Waals surface area contributed by atoms with Gasteiger partial charge < -0.3 is 10.5 Å². The first-order valence-electron chi connectivity index (χ1n) is 4.84. The second-order valence-electron chi connectivity index (χ2n) is 3.23. The molecule has 0 aromatic heterocycles. The number of rotatable bonds is 4. The third kappa shape index (κ3) is 4.05. The van der Waals surface area contributed by atoms with Crippen LogP contribution in [-0.4, -0.2) is 30.8 Å². The standard InChI is InChI=1S/C11H10N2O5/c12-11(17)13-9(15)6-18-10(16)8-3-1-7(5-14)2-4-8/h1-5H,6H2,(H3,12,13,15,17). The third-order valence-electron chi connectivity index (χ3n) is 1.88. The summed E-state index contributed by atoms with van der Waals surface area (Å²) in [7, 11) is 0. The van der Waals surface area contributed by atoms with Gasteiger partial charge in [-0.05, 0) is 12.1 Å². The number of carbonyl (C=O) groups is 4. The molecule has 0 spiro atoms. The Balaban J connectivity index is 2.52. The zero-order valence-electron chi connectivity index (χ0n) is 9.21. The number of carbonyl (C=O) groups excluding carboxylic acids is 4. The molecule has 3 amide bonds. The molecule has 0 atom stereocenters. The van der Waals surface area contributed by atoms with Crippen LogP contribution in [0.25, 0.3) is 0 Å². The van der Waals surface area contributed by atoms with E-state index in [1.165, 1.54) is 24.3 Å². The number of aldehydes is 1. The average Bonchev–Trinajstić information content (AvgIpc) is 2.35. The van der Waals surface area contributed by atoms with Gasteiger partial charge in [0.25, 0.3) is 5.91 Å². The largest absolute Gasteiger partial charge is 0.452 e. The monoisotopic (exact) mass is 250 g/mol. The van der Waals surface area contributed by atoms with Gasteiger partial charge in [-0.15, -0.1) is 0 Å². The second-order valence-corrected chi connectivity index (χ2v) is 3.23. The van der Waals surface area contributed by atoms with Crippen LogP contribution in [0.1, 0.15) is 20.7 Å².